The fraction of sp³-hybridized carbons (Fsp3) is 0.786. The van der Waals surface area contributed by atoms with Crippen LogP contribution in [0.1, 0.15) is 49.1 Å². The number of aromatic nitrogens is 3. The second-order valence-electron chi connectivity index (χ2n) is 6.06. The third kappa shape index (κ3) is 2.85. The highest BCUT2D eigenvalue weighted by Gasteiger charge is 2.25. The lowest BCUT2D eigenvalue weighted by Gasteiger charge is -2.30. The van der Waals surface area contributed by atoms with Crippen molar-refractivity contribution in [1.29, 1.82) is 0 Å². The zero-order valence-electron chi connectivity index (χ0n) is 12.1. The van der Waals surface area contributed by atoms with Gasteiger partial charge in [-0.3, -0.25) is 4.79 Å². The van der Waals surface area contributed by atoms with Gasteiger partial charge < -0.3 is 10.2 Å². The molecule has 0 bridgehead atoms. The molecule has 6 nitrogen and oxygen atoms in total. The molecule has 1 atom stereocenters. The number of hydrogen-bond donors (Lipinski definition) is 1. The maximum Gasteiger partial charge on any atom is 0.276 e. The summed E-state index contributed by atoms with van der Waals surface area (Å²) in [5, 5.41) is 11.6. The van der Waals surface area contributed by atoms with E-state index in [9.17, 15) is 4.79 Å². The van der Waals surface area contributed by atoms with Crippen molar-refractivity contribution in [3.05, 3.63) is 11.9 Å². The number of rotatable bonds is 2. The Morgan fingerprint density at radius 3 is 2.90 bits per heavy atom. The van der Waals surface area contributed by atoms with Crippen LogP contribution < -0.4 is 5.32 Å². The molecule has 2 saturated heterocycles. The van der Waals surface area contributed by atoms with E-state index in [4.69, 9.17) is 0 Å². The Morgan fingerprint density at radius 2 is 2.15 bits per heavy atom. The monoisotopic (exact) mass is 277 g/mol. The quantitative estimate of drug-likeness (QED) is 0.878. The lowest BCUT2D eigenvalue weighted by atomic mass is 10.0. The summed E-state index contributed by atoms with van der Waals surface area (Å²) >= 11 is 0. The minimum atomic E-state index is 0.0386. The first-order valence-corrected chi connectivity index (χ1v) is 7.66. The largest absolute Gasteiger partial charge is 0.337 e. The van der Waals surface area contributed by atoms with E-state index in [-0.39, 0.29) is 5.91 Å². The second-order valence-corrected chi connectivity index (χ2v) is 6.06. The van der Waals surface area contributed by atoms with E-state index in [0.29, 0.717) is 17.7 Å². The molecular formula is C14H23N5O. The molecule has 6 heteroatoms. The van der Waals surface area contributed by atoms with Gasteiger partial charge in [0.2, 0.25) is 0 Å². The van der Waals surface area contributed by atoms with E-state index in [1.807, 2.05) is 15.8 Å². The van der Waals surface area contributed by atoms with Crippen LogP contribution in [0.5, 0.6) is 0 Å². The molecule has 3 heterocycles. The maximum absolute atomic E-state index is 12.4. The summed E-state index contributed by atoms with van der Waals surface area (Å²) < 4.78 is 1.88. The van der Waals surface area contributed by atoms with Crippen LogP contribution in [-0.4, -0.2) is 52.0 Å². The van der Waals surface area contributed by atoms with Crippen LogP contribution >= 0.6 is 0 Å². The van der Waals surface area contributed by atoms with Gasteiger partial charge in [0.1, 0.15) is 0 Å². The van der Waals surface area contributed by atoms with Crippen molar-refractivity contribution in [2.24, 2.45) is 5.92 Å². The number of hydrogen-bond acceptors (Lipinski definition) is 4. The average molecular weight is 277 g/mol. The highest BCUT2D eigenvalue weighted by Crippen LogP contribution is 2.19. The molecule has 20 heavy (non-hydrogen) atoms. The Labute approximate surface area is 119 Å². The second kappa shape index (κ2) is 5.91. The van der Waals surface area contributed by atoms with Gasteiger partial charge in [0.25, 0.3) is 5.91 Å². The van der Waals surface area contributed by atoms with Gasteiger partial charge in [-0.2, -0.15) is 0 Å². The Bertz CT molecular complexity index is 466. The molecule has 0 spiro atoms. The fourth-order valence-corrected chi connectivity index (χ4v) is 3.16. The van der Waals surface area contributed by atoms with E-state index in [1.165, 1.54) is 6.42 Å². The van der Waals surface area contributed by atoms with Gasteiger partial charge in [-0.25, -0.2) is 4.68 Å². The van der Waals surface area contributed by atoms with Crippen molar-refractivity contribution in [3.8, 4) is 0 Å². The van der Waals surface area contributed by atoms with Crippen LogP contribution in [0.15, 0.2) is 6.20 Å². The van der Waals surface area contributed by atoms with Crippen LogP contribution in [-0.2, 0) is 0 Å². The van der Waals surface area contributed by atoms with Crippen molar-refractivity contribution < 1.29 is 4.79 Å². The topological polar surface area (TPSA) is 63.1 Å². The number of piperidine rings is 2. The lowest BCUT2D eigenvalue weighted by molar-refractivity contribution is 0.0677. The van der Waals surface area contributed by atoms with E-state index < -0.39 is 0 Å². The van der Waals surface area contributed by atoms with E-state index in [0.717, 1.165) is 45.4 Å². The lowest BCUT2D eigenvalue weighted by Crippen LogP contribution is -2.39. The standard InChI is InChI=1S/C14H23N5O/c1-11-3-2-8-18(9-11)14(20)13-10-19(17-16-13)12-4-6-15-7-5-12/h10-12,15H,2-9H2,1H3. The van der Waals surface area contributed by atoms with E-state index >= 15 is 0 Å². The fourth-order valence-electron chi connectivity index (χ4n) is 3.16. The number of nitrogens with one attached hydrogen (secondary N) is 1. The van der Waals surface area contributed by atoms with E-state index in [2.05, 4.69) is 22.6 Å². The Morgan fingerprint density at radius 1 is 1.35 bits per heavy atom. The molecule has 0 radical (unpaired) electrons. The molecule has 0 aromatic carbocycles. The summed E-state index contributed by atoms with van der Waals surface area (Å²) in [6.45, 7) is 5.92. The van der Waals surface area contributed by atoms with Crippen molar-refractivity contribution in [3.63, 3.8) is 0 Å². The van der Waals surface area contributed by atoms with Crippen LogP contribution in [0.4, 0.5) is 0 Å². The van der Waals surface area contributed by atoms with Gasteiger partial charge >= 0.3 is 0 Å². The molecule has 2 aliphatic heterocycles. The smallest absolute Gasteiger partial charge is 0.276 e. The molecule has 110 valence electrons. The van der Waals surface area contributed by atoms with Crippen LogP contribution in [0.3, 0.4) is 0 Å². The Hall–Kier alpha value is -1.43. The molecule has 1 amide bonds. The summed E-state index contributed by atoms with van der Waals surface area (Å²) in [5.41, 5.74) is 0.498. The van der Waals surface area contributed by atoms with Crippen LogP contribution in [0.2, 0.25) is 0 Å². The van der Waals surface area contributed by atoms with E-state index in [1.54, 1.807) is 0 Å². The number of carbonyl (C=O) groups is 1. The summed E-state index contributed by atoms with van der Waals surface area (Å²) in [6, 6.07) is 0.380. The summed E-state index contributed by atoms with van der Waals surface area (Å²) in [7, 11) is 0. The van der Waals surface area contributed by atoms with Gasteiger partial charge in [0.05, 0.1) is 12.2 Å². The van der Waals surface area contributed by atoms with Crippen molar-refractivity contribution in [2.45, 2.75) is 38.6 Å². The molecule has 2 aliphatic rings. The number of nitrogens with zero attached hydrogens (tertiary/aromatic N) is 4. The molecule has 1 unspecified atom stereocenters. The molecule has 2 fully saturated rings. The average Bonchev–Trinajstić information content (AvgIpc) is 2.97. The van der Waals surface area contributed by atoms with Crippen molar-refractivity contribution in [1.82, 2.24) is 25.2 Å². The molecule has 0 aliphatic carbocycles. The number of likely N-dealkylation sites (tertiary alicyclic amines) is 1. The van der Waals surface area contributed by atoms with Crippen molar-refractivity contribution in [2.75, 3.05) is 26.2 Å². The third-order valence-corrected chi connectivity index (χ3v) is 4.36. The molecular weight excluding hydrogens is 254 g/mol. The normalized spacial score (nSPS) is 24.9. The van der Waals surface area contributed by atoms with Gasteiger partial charge in [-0.05, 0) is 44.7 Å². The first kappa shape index (κ1) is 13.5. The minimum absolute atomic E-state index is 0.0386. The predicted octanol–water partition coefficient (Wildman–Crippen LogP) is 1.07. The zero-order chi connectivity index (χ0) is 13.9. The maximum atomic E-state index is 12.4. The first-order chi connectivity index (χ1) is 9.74. The summed E-state index contributed by atoms with van der Waals surface area (Å²) in [6.07, 6.45) is 6.24. The zero-order valence-corrected chi connectivity index (χ0v) is 12.1. The number of amides is 1. The minimum Gasteiger partial charge on any atom is -0.337 e. The highest BCUT2D eigenvalue weighted by molar-refractivity contribution is 5.92. The summed E-state index contributed by atoms with van der Waals surface area (Å²) in [4.78, 5) is 14.4. The molecule has 3 rings (SSSR count). The van der Waals surface area contributed by atoms with Gasteiger partial charge in [0.15, 0.2) is 5.69 Å². The van der Waals surface area contributed by atoms with Crippen LogP contribution in [0.25, 0.3) is 0 Å². The van der Waals surface area contributed by atoms with Crippen molar-refractivity contribution >= 4 is 5.91 Å². The highest BCUT2D eigenvalue weighted by atomic mass is 16.2. The predicted molar refractivity (Wildman–Crippen MR) is 75.5 cm³/mol. The molecule has 1 aromatic heterocycles. The molecule has 1 N–H and O–H groups in total. The first-order valence-electron chi connectivity index (χ1n) is 7.66. The Kier molecular flexibility index (Phi) is 4.00. The third-order valence-electron chi connectivity index (χ3n) is 4.36. The summed E-state index contributed by atoms with van der Waals surface area (Å²) in [5.74, 6) is 0.629. The SMILES string of the molecule is CC1CCCN(C(=O)c2cn(C3CCNCC3)nn2)C1. The number of carbonyl (C=O) groups excluding carboxylic acids is 1. The molecule has 0 saturated carbocycles. The van der Waals surface area contributed by atoms with Gasteiger partial charge in [-0.1, -0.05) is 12.1 Å². The Balaban J connectivity index is 1.67. The van der Waals surface area contributed by atoms with Gasteiger partial charge in [0, 0.05) is 13.1 Å². The van der Waals surface area contributed by atoms with Crippen LogP contribution in [0, 0.1) is 5.92 Å². The molecule has 1 aromatic rings. The van der Waals surface area contributed by atoms with Gasteiger partial charge in [-0.15, -0.1) is 5.10 Å².